The average molecular weight is 246 g/mol. The number of hydrogen-bond donors (Lipinski definition) is 1. The number of nitrogens with zero attached hydrogens (tertiary/aromatic N) is 1. The Morgan fingerprint density at radius 1 is 1.50 bits per heavy atom. The van der Waals surface area contributed by atoms with E-state index >= 15 is 0 Å². The van der Waals surface area contributed by atoms with Gasteiger partial charge in [0.1, 0.15) is 0 Å². The van der Waals surface area contributed by atoms with Crippen molar-refractivity contribution < 1.29 is 0 Å². The first-order valence-electron chi connectivity index (χ1n) is 3.14. The summed E-state index contributed by atoms with van der Waals surface area (Å²) in [6.45, 7) is 0.963. The Morgan fingerprint density at radius 2 is 2.40 bits per heavy atom. The van der Waals surface area contributed by atoms with Crippen LogP contribution in [0.15, 0.2) is 33.7 Å². The summed E-state index contributed by atoms with van der Waals surface area (Å²) in [7, 11) is 0. The van der Waals surface area contributed by atoms with Crippen LogP contribution in [0.1, 0.15) is 0 Å². The lowest BCUT2D eigenvalue weighted by Gasteiger charge is -2.16. The van der Waals surface area contributed by atoms with Crippen molar-refractivity contribution in [3.05, 3.63) is 33.7 Å². The molecule has 0 amide bonds. The van der Waals surface area contributed by atoms with Crippen LogP contribution in [0.25, 0.3) is 0 Å². The van der Waals surface area contributed by atoms with E-state index in [1.807, 2.05) is 17.3 Å². The van der Waals surface area contributed by atoms with Crippen LogP contribution in [0.3, 0.4) is 0 Å². The predicted molar refractivity (Wildman–Crippen MR) is 49.2 cm³/mol. The van der Waals surface area contributed by atoms with Gasteiger partial charge in [0.25, 0.3) is 0 Å². The first-order chi connectivity index (χ1) is 4.88. The minimum Gasteiger partial charge on any atom is -0.283 e. The fourth-order valence-electron chi connectivity index (χ4n) is 1.05. The Balaban J connectivity index is 2.39. The van der Waals surface area contributed by atoms with Crippen molar-refractivity contribution in [1.82, 2.24) is 10.4 Å². The molecule has 0 atom stereocenters. The summed E-state index contributed by atoms with van der Waals surface area (Å²) in [4.78, 5) is 0. The van der Waals surface area contributed by atoms with Gasteiger partial charge in [0.2, 0.25) is 0 Å². The van der Waals surface area contributed by atoms with Gasteiger partial charge in [-0.15, -0.1) is 0 Å². The highest BCUT2D eigenvalue weighted by atomic mass is 127. The molecule has 0 fully saturated rings. The molecule has 52 valence electrons. The lowest BCUT2D eigenvalue weighted by Crippen LogP contribution is -2.26. The molecule has 0 bridgehead atoms. The number of rotatable bonds is 0. The molecule has 3 heteroatoms. The molecule has 0 spiro atoms. The number of halogens is 1. The molecule has 10 heavy (non-hydrogen) atoms. The molecule has 0 saturated carbocycles. The van der Waals surface area contributed by atoms with Crippen LogP contribution < -0.4 is 5.43 Å². The summed E-state index contributed by atoms with van der Waals surface area (Å²) in [5, 5.41) is 2.04. The smallest absolute Gasteiger partial charge is 0.0677 e. The molecule has 0 unspecified atom stereocenters. The normalized spacial score (nSPS) is 22.3. The standard InChI is InChI=1S/C7H7IN2/c8-6-5-9-10-4-2-1-3-7(6)10/h1-4,9H,5H2. The van der Waals surface area contributed by atoms with Crippen LogP contribution in [0.5, 0.6) is 0 Å². The van der Waals surface area contributed by atoms with Gasteiger partial charge >= 0.3 is 0 Å². The first-order valence-corrected chi connectivity index (χ1v) is 4.22. The van der Waals surface area contributed by atoms with Gasteiger partial charge in [-0.1, -0.05) is 6.08 Å². The maximum absolute atomic E-state index is 3.22. The van der Waals surface area contributed by atoms with Crippen molar-refractivity contribution in [2.45, 2.75) is 0 Å². The van der Waals surface area contributed by atoms with E-state index in [9.17, 15) is 0 Å². The highest BCUT2D eigenvalue weighted by Crippen LogP contribution is 2.23. The Bertz CT molecular complexity index is 240. The molecule has 2 heterocycles. The minimum absolute atomic E-state index is 0.963. The van der Waals surface area contributed by atoms with Crippen molar-refractivity contribution in [3.63, 3.8) is 0 Å². The highest BCUT2D eigenvalue weighted by Gasteiger charge is 2.16. The molecule has 2 rings (SSSR count). The third-order valence-corrected chi connectivity index (χ3v) is 2.48. The fourth-order valence-corrected chi connectivity index (χ4v) is 1.66. The monoisotopic (exact) mass is 246 g/mol. The summed E-state index contributed by atoms with van der Waals surface area (Å²) in [6.07, 6.45) is 8.21. The van der Waals surface area contributed by atoms with E-state index in [0.717, 1.165) is 6.54 Å². The van der Waals surface area contributed by atoms with Gasteiger partial charge in [0.05, 0.1) is 5.70 Å². The molecule has 2 aliphatic rings. The zero-order chi connectivity index (χ0) is 6.97. The molecule has 0 saturated heterocycles. The highest BCUT2D eigenvalue weighted by molar-refractivity contribution is 14.1. The SMILES string of the molecule is IC1=C2C=CC=CN2NC1. The topological polar surface area (TPSA) is 15.3 Å². The van der Waals surface area contributed by atoms with Gasteiger partial charge in [0, 0.05) is 16.3 Å². The van der Waals surface area contributed by atoms with Gasteiger partial charge in [-0.05, 0) is 34.7 Å². The lowest BCUT2D eigenvalue weighted by atomic mass is 10.3. The summed E-state index contributed by atoms with van der Waals surface area (Å²) < 4.78 is 1.37. The molecular formula is C7H7IN2. The average Bonchev–Trinajstić information content (AvgIpc) is 2.34. The number of hydrazine groups is 1. The Kier molecular flexibility index (Phi) is 1.54. The molecular weight excluding hydrogens is 239 g/mol. The molecule has 1 N–H and O–H groups in total. The van der Waals surface area contributed by atoms with E-state index in [2.05, 4.69) is 40.2 Å². The summed E-state index contributed by atoms with van der Waals surface area (Å²) in [6, 6.07) is 0. The molecule has 0 aromatic carbocycles. The summed E-state index contributed by atoms with van der Waals surface area (Å²) >= 11 is 2.36. The third kappa shape index (κ3) is 0.894. The second-order valence-electron chi connectivity index (χ2n) is 2.20. The lowest BCUT2D eigenvalue weighted by molar-refractivity contribution is 0.395. The van der Waals surface area contributed by atoms with Crippen LogP contribution in [-0.2, 0) is 0 Å². The summed E-state index contributed by atoms with van der Waals surface area (Å²) in [5.74, 6) is 0. The molecule has 0 radical (unpaired) electrons. The second-order valence-corrected chi connectivity index (χ2v) is 3.50. The molecule has 2 nitrogen and oxygen atoms in total. The van der Waals surface area contributed by atoms with Crippen LogP contribution in [-0.4, -0.2) is 11.6 Å². The van der Waals surface area contributed by atoms with E-state index in [0.29, 0.717) is 0 Å². The molecule has 2 aliphatic heterocycles. The van der Waals surface area contributed by atoms with Crippen molar-refractivity contribution in [2.75, 3.05) is 6.54 Å². The quantitative estimate of drug-likeness (QED) is 0.652. The van der Waals surface area contributed by atoms with Gasteiger partial charge in [-0.3, -0.25) is 5.01 Å². The van der Waals surface area contributed by atoms with E-state index < -0.39 is 0 Å². The molecule has 0 aromatic heterocycles. The Labute approximate surface area is 73.4 Å². The number of nitrogens with one attached hydrogen (secondary N) is 1. The third-order valence-electron chi connectivity index (χ3n) is 1.54. The van der Waals surface area contributed by atoms with Crippen molar-refractivity contribution in [2.24, 2.45) is 0 Å². The van der Waals surface area contributed by atoms with Crippen LogP contribution in [0.2, 0.25) is 0 Å². The minimum atomic E-state index is 0.963. The van der Waals surface area contributed by atoms with E-state index in [4.69, 9.17) is 0 Å². The van der Waals surface area contributed by atoms with Crippen LogP contribution in [0, 0.1) is 0 Å². The van der Waals surface area contributed by atoms with Gasteiger partial charge in [-0.25, -0.2) is 5.43 Å². The van der Waals surface area contributed by atoms with Gasteiger partial charge in [-0.2, -0.15) is 0 Å². The van der Waals surface area contributed by atoms with Crippen LogP contribution in [0.4, 0.5) is 0 Å². The fraction of sp³-hybridized carbons (Fsp3) is 0.143. The van der Waals surface area contributed by atoms with Crippen molar-refractivity contribution in [3.8, 4) is 0 Å². The number of hydrogen-bond acceptors (Lipinski definition) is 2. The van der Waals surface area contributed by atoms with E-state index in [-0.39, 0.29) is 0 Å². The Hall–Kier alpha value is -0.290. The Morgan fingerprint density at radius 3 is 3.20 bits per heavy atom. The molecule has 0 aliphatic carbocycles. The second kappa shape index (κ2) is 2.39. The van der Waals surface area contributed by atoms with Crippen molar-refractivity contribution >= 4 is 22.6 Å². The maximum atomic E-state index is 3.22. The predicted octanol–water partition coefficient (Wildman–Crippen LogP) is 1.54. The molecule has 0 aromatic rings. The van der Waals surface area contributed by atoms with Crippen LogP contribution >= 0.6 is 22.6 Å². The van der Waals surface area contributed by atoms with E-state index in [1.165, 1.54) is 9.28 Å². The zero-order valence-corrected chi connectivity index (χ0v) is 7.50. The maximum Gasteiger partial charge on any atom is 0.0677 e. The van der Waals surface area contributed by atoms with Crippen molar-refractivity contribution in [1.29, 1.82) is 0 Å². The number of allylic oxidation sites excluding steroid dienone is 3. The largest absolute Gasteiger partial charge is 0.283 e. The van der Waals surface area contributed by atoms with E-state index in [1.54, 1.807) is 0 Å². The summed E-state index contributed by atoms with van der Waals surface area (Å²) in [5.41, 5.74) is 4.50. The number of fused-ring (bicyclic) bond motifs is 1. The first kappa shape index (κ1) is 6.42. The van der Waals surface area contributed by atoms with Gasteiger partial charge in [0.15, 0.2) is 0 Å². The van der Waals surface area contributed by atoms with Gasteiger partial charge < -0.3 is 0 Å². The zero-order valence-electron chi connectivity index (χ0n) is 5.34.